The highest BCUT2D eigenvalue weighted by atomic mass is 16.5. The van der Waals surface area contributed by atoms with Crippen molar-refractivity contribution in [1.29, 1.82) is 0 Å². The van der Waals surface area contributed by atoms with Gasteiger partial charge in [0.2, 0.25) is 5.91 Å². The van der Waals surface area contributed by atoms with E-state index in [4.69, 9.17) is 4.74 Å². The lowest BCUT2D eigenvalue weighted by Crippen LogP contribution is -2.21. The molecule has 4 heteroatoms. The van der Waals surface area contributed by atoms with Crippen molar-refractivity contribution in [2.75, 3.05) is 17.2 Å². The zero-order valence-electron chi connectivity index (χ0n) is 14.5. The molecule has 0 aliphatic heterocycles. The van der Waals surface area contributed by atoms with Crippen LogP contribution in [-0.4, -0.2) is 18.6 Å². The van der Waals surface area contributed by atoms with E-state index in [2.05, 4.69) is 22.8 Å². The fraction of sp³-hybridized carbons (Fsp3) is 0.190. The molecular weight excluding hydrogens is 312 g/mol. The molecule has 2 N–H and O–H groups in total. The van der Waals surface area contributed by atoms with Gasteiger partial charge in [-0.2, -0.15) is 0 Å². The van der Waals surface area contributed by atoms with Crippen molar-refractivity contribution in [2.45, 2.75) is 20.0 Å². The quantitative estimate of drug-likeness (QED) is 0.688. The summed E-state index contributed by atoms with van der Waals surface area (Å²) in [7, 11) is 0. The predicted molar refractivity (Wildman–Crippen MR) is 103 cm³/mol. The normalized spacial score (nSPS) is 10.7. The van der Waals surface area contributed by atoms with Gasteiger partial charge >= 0.3 is 0 Å². The molecule has 128 valence electrons. The van der Waals surface area contributed by atoms with E-state index in [1.54, 1.807) is 0 Å². The smallest absolute Gasteiger partial charge is 0.243 e. The number of carbonyl (C=O) groups is 1. The van der Waals surface area contributed by atoms with Gasteiger partial charge in [-0.15, -0.1) is 0 Å². The predicted octanol–water partition coefficient (Wildman–Crippen LogP) is 4.68. The Morgan fingerprint density at radius 1 is 1.00 bits per heavy atom. The van der Waals surface area contributed by atoms with E-state index in [9.17, 15) is 4.79 Å². The Morgan fingerprint density at radius 3 is 2.60 bits per heavy atom. The van der Waals surface area contributed by atoms with Crippen LogP contribution in [0.15, 0.2) is 66.7 Å². The Balaban J connectivity index is 1.63. The SMILES string of the molecule is CC(C)Oc1cccc(NC(=O)CNc2cccc3ccccc23)c1. The second kappa shape index (κ2) is 7.71. The van der Waals surface area contributed by atoms with Crippen molar-refractivity contribution in [2.24, 2.45) is 0 Å². The molecule has 4 nitrogen and oxygen atoms in total. The highest BCUT2D eigenvalue weighted by molar-refractivity contribution is 5.98. The van der Waals surface area contributed by atoms with E-state index in [1.807, 2.05) is 68.4 Å². The Bertz CT molecular complexity index is 869. The molecule has 0 unspecified atom stereocenters. The van der Waals surface area contributed by atoms with Crippen LogP contribution in [0.4, 0.5) is 11.4 Å². The first-order valence-electron chi connectivity index (χ1n) is 8.40. The Labute approximate surface area is 147 Å². The van der Waals surface area contributed by atoms with Crippen molar-refractivity contribution >= 4 is 28.1 Å². The van der Waals surface area contributed by atoms with E-state index in [0.29, 0.717) is 0 Å². The summed E-state index contributed by atoms with van der Waals surface area (Å²) in [5.74, 6) is 0.643. The first kappa shape index (κ1) is 16.8. The number of amides is 1. The number of ether oxygens (including phenoxy) is 1. The van der Waals surface area contributed by atoms with Crippen LogP contribution in [0.25, 0.3) is 10.8 Å². The highest BCUT2D eigenvalue weighted by Crippen LogP contribution is 2.23. The molecule has 3 aromatic rings. The lowest BCUT2D eigenvalue weighted by molar-refractivity contribution is -0.114. The molecule has 0 heterocycles. The molecule has 0 aliphatic carbocycles. The van der Waals surface area contributed by atoms with E-state index < -0.39 is 0 Å². The van der Waals surface area contributed by atoms with Crippen molar-refractivity contribution in [3.05, 3.63) is 66.7 Å². The van der Waals surface area contributed by atoms with Gasteiger partial charge < -0.3 is 15.4 Å². The number of anilines is 2. The average Bonchev–Trinajstić information content (AvgIpc) is 2.59. The van der Waals surface area contributed by atoms with Gasteiger partial charge in [0.05, 0.1) is 12.6 Å². The average molecular weight is 334 g/mol. The molecule has 0 spiro atoms. The van der Waals surface area contributed by atoms with Crippen LogP contribution in [-0.2, 0) is 4.79 Å². The standard InChI is InChI=1S/C21H22N2O2/c1-15(2)25-18-10-6-9-17(13-18)23-21(24)14-22-20-12-5-8-16-7-3-4-11-19(16)20/h3-13,15,22H,14H2,1-2H3,(H,23,24). The van der Waals surface area contributed by atoms with E-state index in [0.717, 1.165) is 27.9 Å². The Hall–Kier alpha value is -3.01. The molecule has 0 bridgehead atoms. The number of nitrogens with one attached hydrogen (secondary N) is 2. The second-order valence-corrected chi connectivity index (χ2v) is 6.12. The molecule has 0 atom stereocenters. The van der Waals surface area contributed by atoms with Crippen molar-refractivity contribution in [1.82, 2.24) is 0 Å². The Morgan fingerprint density at radius 2 is 1.76 bits per heavy atom. The third kappa shape index (κ3) is 4.51. The second-order valence-electron chi connectivity index (χ2n) is 6.12. The topological polar surface area (TPSA) is 50.4 Å². The summed E-state index contributed by atoms with van der Waals surface area (Å²) in [5, 5.41) is 8.35. The van der Waals surface area contributed by atoms with Gasteiger partial charge in [0.25, 0.3) is 0 Å². The number of rotatable bonds is 6. The van der Waals surface area contributed by atoms with Gasteiger partial charge in [0.1, 0.15) is 5.75 Å². The molecule has 0 fully saturated rings. The van der Waals surface area contributed by atoms with Gasteiger partial charge in [-0.3, -0.25) is 4.79 Å². The molecule has 25 heavy (non-hydrogen) atoms. The summed E-state index contributed by atoms with van der Waals surface area (Å²) in [6.07, 6.45) is 0.0963. The van der Waals surface area contributed by atoms with Crippen LogP contribution < -0.4 is 15.4 Å². The third-order valence-electron chi connectivity index (χ3n) is 3.72. The molecular formula is C21H22N2O2. The summed E-state index contributed by atoms with van der Waals surface area (Å²) in [5.41, 5.74) is 1.67. The van der Waals surface area contributed by atoms with Crippen LogP contribution in [0.2, 0.25) is 0 Å². The van der Waals surface area contributed by atoms with Crippen LogP contribution in [0, 0.1) is 0 Å². The summed E-state index contributed by atoms with van der Waals surface area (Å²) >= 11 is 0. The van der Waals surface area contributed by atoms with Gasteiger partial charge in [-0.1, -0.05) is 42.5 Å². The first-order valence-corrected chi connectivity index (χ1v) is 8.40. The molecule has 3 aromatic carbocycles. The first-order chi connectivity index (χ1) is 12.1. The summed E-state index contributed by atoms with van der Waals surface area (Å²) in [4.78, 5) is 12.2. The van der Waals surface area contributed by atoms with Gasteiger partial charge in [0, 0.05) is 22.8 Å². The number of hydrogen-bond donors (Lipinski definition) is 2. The molecule has 0 aromatic heterocycles. The van der Waals surface area contributed by atoms with E-state index in [-0.39, 0.29) is 18.6 Å². The molecule has 0 saturated carbocycles. The molecule has 0 radical (unpaired) electrons. The number of hydrogen-bond acceptors (Lipinski definition) is 3. The molecule has 0 aliphatic rings. The Kier molecular flexibility index (Phi) is 5.19. The maximum Gasteiger partial charge on any atom is 0.243 e. The number of fused-ring (bicyclic) bond motifs is 1. The van der Waals surface area contributed by atoms with Crippen molar-refractivity contribution < 1.29 is 9.53 Å². The lowest BCUT2D eigenvalue weighted by atomic mass is 10.1. The summed E-state index contributed by atoms with van der Waals surface area (Å²) in [6.45, 7) is 4.14. The van der Waals surface area contributed by atoms with Gasteiger partial charge in [-0.25, -0.2) is 0 Å². The maximum atomic E-state index is 12.2. The summed E-state index contributed by atoms with van der Waals surface area (Å²) in [6, 6.07) is 21.5. The van der Waals surface area contributed by atoms with Gasteiger partial charge in [0.15, 0.2) is 0 Å². The van der Waals surface area contributed by atoms with Crippen molar-refractivity contribution in [3.63, 3.8) is 0 Å². The van der Waals surface area contributed by atoms with Gasteiger partial charge in [-0.05, 0) is 37.4 Å². The summed E-state index contributed by atoms with van der Waals surface area (Å²) < 4.78 is 5.65. The van der Waals surface area contributed by atoms with Crippen LogP contribution in [0.1, 0.15) is 13.8 Å². The van der Waals surface area contributed by atoms with Crippen LogP contribution >= 0.6 is 0 Å². The molecule has 1 amide bonds. The van der Waals surface area contributed by atoms with E-state index in [1.165, 1.54) is 0 Å². The largest absolute Gasteiger partial charge is 0.491 e. The maximum absolute atomic E-state index is 12.2. The molecule has 3 rings (SSSR count). The number of benzene rings is 3. The zero-order valence-corrected chi connectivity index (χ0v) is 14.5. The minimum absolute atomic E-state index is 0.0963. The van der Waals surface area contributed by atoms with Crippen molar-refractivity contribution in [3.8, 4) is 5.75 Å². The zero-order chi connectivity index (χ0) is 17.6. The highest BCUT2D eigenvalue weighted by Gasteiger charge is 2.06. The monoisotopic (exact) mass is 334 g/mol. The minimum Gasteiger partial charge on any atom is -0.491 e. The van der Waals surface area contributed by atoms with Crippen LogP contribution in [0.5, 0.6) is 5.75 Å². The fourth-order valence-corrected chi connectivity index (χ4v) is 2.68. The molecule has 0 saturated heterocycles. The minimum atomic E-state index is -0.102. The lowest BCUT2D eigenvalue weighted by Gasteiger charge is -2.12. The van der Waals surface area contributed by atoms with Crippen LogP contribution in [0.3, 0.4) is 0 Å². The van der Waals surface area contributed by atoms with E-state index >= 15 is 0 Å². The fourth-order valence-electron chi connectivity index (χ4n) is 2.68. The third-order valence-corrected chi connectivity index (χ3v) is 3.72. The number of carbonyl (C=O) groups excluding carboxylic acids is 1.